The van der Waals surface area contributed by atoms with E-state index in [1.54, 1.807) is 12.1 Å². The van der Waals surface area contributed by atoms with Gasteiger partial charge in [-0.1, -0.05) is 0 Å². The first-order valence-electron chi connectivity index (χ1n) is 7.60. The van der Waals surface area contributed by atoms with Crippen molar-refractivity contribution in [1.82, 2.24) is 20.1 Å². The summed E-state index contributed by atoms with van der Waals surface area (Å²) in [6.45, 7) is 5.81. The van der Waals surface area contributed by atoms with Gasteiger partial charge in [-0.2, -0.15) is 10.4 Å². The van der Waals surface area contributed by atoms with Gasteiger partial charge < -0.3 is 4.90 Å². The molecule has 0 aliphatic carbocycles. The number of hydrogen-bond acceptors (Lipinski definition) is 7. The van der Waals surface area contributed by atoms with Gasteiger partial charge in [0.05, 0.1) is 11.5 Å². The minimum atomic E-state index is -0.529. The molecule has 124 valence electrons. The lowest BCUT2D eigenvalue weighted by atomic mass is 10.1. The molecule has 0 spiro atoms. The maximum Gasteiger partial charge on any atom is 0.287 e. The van der Waals surface area contributed by atoms with Crippen molar-refractivity contribution < 1.29 is 4.92 Å². The highest BCUT2D eigenvalue weighted by Gasteiger charge is 2.21. The molecule has 0 atom stereocenters. The van der Waals surface area contributed by atoms with Crippen molar-refractivity contribution >= 4 is 11.4 Å². The lowest BCUT2D eigenvalue weighted by Crippen LogP contribution is -2.46. The molecule has 1 saturated heterocycles. The molecule has 2 heterocycles. The highest BCUT2D eigenvalue weighted by Crippen LogP contribution is 2.25. The third-order valence-electron chi connectivity index (χ3n) is 4.04. The topological polar surface area (TPSA) is 115 Å². The van der Waals surface area contributed by atoms with Crippen LogP contribution < -0.4 is 4.90 Å². The summed E-state index contributed by atoms with van der Waals surface area (Å²) in [7, 11) is 0. The molecule has 0 amide bonds. The molecule has 1 aromatic heterocycles. The third-order valence-corrected chi connectivity index (χ3v) is 4.04. The van der Waals surface area contributed by atoms with Gasteiger partial charge in [-0.15, -0.1) is 0 Å². The van der Waals surface area contributed by atoms with Crippen LogP contribution in [0, 0.1) is 28.4 Å². The van der Waals surface area contributed by atoms with Gasteiger partial charge in [0, 0.05) is 37.9 Å². The molecule has 0 bridgehead atoms. The number of rotatable bonds is 4. The fourth-order valence-electron chi connectivity index (χ4n) is 2.79. The van der Waals surface area contributed by atoms with Gasteiger partial charge in [0.2, 0.25) is 0 Å². The number of aryl methyl sites for hydroxylation is 1. The summed E-state index contributed by atoms with van der Waals surface area (Å²) in [5.41, 5.74) is 0.779. The average molecular weight is 327 g/mol. The molecule has 9 heteroatoms. The zero-order valence-electron chi connectivity index (χ0n) is 13.3. The number of benzene rings is 1. The smallest absolute Gasteiger partial charge is 0.287 e. The Kier molecular flexibility index (Phi) is 4.39. The second kappa shape index (κ2) is 6.64. The van der Waals surface area contributed by atoms with Gasteiger partial charge in [-0.05, 0) is 19.1 Å². The van der Waals surface area contributed by atoms with Crippen LogP contribution in [0.4, 0.5) is 11.4 Å². The first-order valence-corrected chi connectivity index (χ1v) is 7.60. The van der Waals surface area contributed by atoms with Crippen LogP contribution in [0.15, 0.2) is 18.2 Å². The van der Waals surface area contributed by atoms with Crippen LogP contribution in [0.25, 0.3) is 0 Å². The number of nitriles is 1. The van der Waals surface area contributed by atoms with E-state index in [0.717, 1.165) is 43.5 Å². The van der Waals surface area contributed by atoms with E-state index >= 15 is 0 Å². The molecule has 2 aromatic rings. The lowest BCUT2D eigenvalue weighted by molar-refractivity contribution is -0.385. The molecular weight excluding hydrogens is 310 g/mol. The van der Waals surface area contributed by atoms with E-state index in [-0.39, 0.29) is 11.3 Å². The fraction of sp³-hybridized carbons (Fsp3) is 0.400. The van der Waals surface area contributed by atoms with Crippen LogP contribution in [-0.4, -0.2) is 51.2 Å². The summed E-state index contributed by atoms with van der Waals surface area (Å²) in [6.07, 6.45) is 0. The van der Waals surface area contributed by atoms with Crippen molar-refractivity contribution in [2.75, 3.05) is 31.1 Å². The van der Waals surface area contributed by atoms with Crippen molar-refractivity contribution in [3.63, 3.8) is 0 Å². The van der Waals surface area contributed by atoms with E-state index in [1.165, 1.54) is 6.07 Å². The summed E-state index contributed by atoms with van der Waals surface area (Å²) in [5, 5.41) is 27.0. The molecule has 0 saturated carbocycles. The normalized spacial score (nSPS) is 15.2. The van der Waals surface area contributed by atoms with Crippen LogP contribution in [0.2, 0.25) is 0 Å². The summed E-state index contributed by atoms with van der Waals surface area (Å²) in [4.78, 5) is 19.1. The maximum absolute atomic E-state index is 10.9. The number of aromatic nitrogens is 3. The average Bonchev–Trinajstić information content (AvgIpc) is 2.99. The first kappa shape index (κ1) is 15.9. The number of H-pyrrole nitrogens is 1. The molecule has 3 rings (SSSR count). The minimum absolute atomic E-state index is 0.0936. The fourth-order valence-corrected chi connectivity index (χ4v) is 2.79. The number of nitrogens with zero attached hydrogens (tertiary/aromatic N) is 6. The molecule has 1 aromatic carbocycles. The molecule has 1 fully saturated rings. The van der Waals surface area contributed by atoms with Crippen molar-refractivity contribution in [2.45, 2.75) is 13.5 Å². The SMILES string of the molecule is Cc1nc(CN2CCN(c3ccc([N+](=O)[O-])c(C#N)c3)CC2)n[nH]1. The number of anilines is 1. The Hall–Kier alpha value is -2.99. The maximum atomic E-state index is 10.9. The summed E-state index contributed by atoms with van der Waals surface area (Å²) >= 11 is 0. The molecule has 24 heavy (non-hydrogen) atoms. The van der Waals surface area contributed by atoms with E-state index in [2.05, 4.69) is 25.0 Å². The molecule has 1 aliphatic rings. The molecule has 0 unspecified atom stereocenters. The molecular formula is C15H17N7O2. The Morgan fingerprint density at radius 3 is 2.71 bits per heavy atom. The Labute approximate surface area is 138 Å². The number of nitro benzene ring substituents is 1. The number of hydrogen-bond donors (Lipinski definition) is 1. The summed E-state index contributed by atoms with van der Waals surface area (Å²) < 4.78 is 0. The lowest BCUT2D eigenvalue weighted by Gasteiger charge is -2.35. The van der Waals surface area contributed by atoms with Crippen LogP contribution in [0.3, 0.4) is 0 Å². The van der Waals surface area contributed by atoms with Gasteiger partial charge in [-0.3, -0.25) is 20.1 Å². The zero-order chi connectivity index (χ0) is 17.1. The second-order valence-corrected chi connectivity index (χ2v) is 5.67. The second-order valence-electron chi connectivity index (χ2n) is 5.67. The highest BCUT2D eigenvalue weighted by atomic mass is 16.6. The van der Waals surface area contributed by atoms with E-state index in [1.807, 2.05) is 13.0 Å². The van der Waals surface area contributed by atoms with Crippen molar-refractivity contribution in [3.05, 3.63) is 45.5 Å². The van der Waals surface area contributed by atoms with Gasteiger partial charge in [0.15, 0.2) is 5.82 Å². The van der Waals surface area contributed by atoms with Crippen LogP contribution in [0.1, 0.15) is 17.2 Å². The van der Waals surface area contributed by atoms with E-state index in [9.17, 15) is 10.1 Å². The molecule has 1 N–H and O–H groups in total. The van der Waals surface area contributed by atoms with Crippen molar-refractivity contribution in [3.8, 4) is 6.07 Å². The summed E-state index contributed by atoms with van der Waals surface area (Å²) in [5.74, 6) is 1.58. The quantitative estimate of drug-likeness (QED) is 0.663. The Bertz CT molecular complexity index is 787. The molecule has 1 aliphatic heterocycles. The van der Waals surface area contributed by atoms with Crippen LogP contribution >= 0.6 is 0 Å². The zero-order valence-corrected chi connectivity index (χ0v) is 13.3. The summed E-state index contributed by atoms with van der Waals surface area (Å²) in [6, 6.07) is 6.59. The Morgan fingerprint density at radius 2 is 2.12 bits per heavy atom. The predicted molar refractivity (Wildman–Crippen MR) is 86.4 cm³/mol. The third kappa shape index (κ3) is 3.33. The van der Waals surface area contributed by atoms with Gasteiger partial charge >= 0.3 is 0 Å². The number of nitro groups is 1. The predicted octanol–water partition coefficient (Wildman–Crippen LogP) is 1.22. The van der Waals surface area contributed by atoms with E-state index in [4.69, 9.17) is 5.26 Å². The number of nitrogens with one attached hydrogen (secondary N) is 1. The van der Waals surface area contributed by atoms with Gasteiger partial charge in [0.1, 0.15) is 17.5 Å². The van der Waals surface area contributed by atoms with Crippen molar-refractivity contribution in [2.24, 2.45) is 0 Å². The highest BCUT2D eigenvalue weighted by molar-refractivity contribution is 5.60. The minimum Gasteiger partial charge on any atom is -0.369 e. The molecule has 9 nitrogen and oxygen atoms in total. The monoisotopic (exact) mass is 327 g/mol. The van der Waals surface area contributed by atoms with Crippen molar-refractivity contribution in [1.29, 1.82) is 5.26 Å². The first-order chi connectivity index (χ1) is 11.6. The van der Waals surface area contributed by atoms with Crippen LogP contribution in [-0.2, 0) is 6.54 Å². The van der Waals surface area contributed by atoms with Crippen LogP contribution in [0.5, 0.6) is 0 Å². The van der Waals surface area contributed by atoms with Gasteiger partial charge in [-0.25, -0.2) is 4.98 Å². The Morgan fingerprint density at radius 1 is 1.38 bits per heavy atom. The van der Waals surface area contributed by atoms with E-state index in [0.29, 0.717) is 6.54 Å². The Balaban J connectivity index is 1.64. The number of piperazine rings is 1. The van der Waals surface area contributed by atoms with Gasteiger partial charge in [0.25, 0.3) is 5.69 Å². The van der Waals surface area contributed by atoms with E-state index < -0.39 is 4.92 Å². The number of aromatic amines is 1. The molecule has 0 radical (unpaired) electrons. The standard InChI is InChI=1S/C15H17N7O2/c1-11-17-15(19-18-11)10-20-4-6-21(7-5-20)13-2-3-14(22(23)24)12(8-13)9-16/h2-3,8H,4-7,10H2,1H3,(H,17,18,19). The largest absolute Gasteiger partial charge is 0.369 e.